The number of aromatic nitrogens is 1. The van der Waals surface area contributed by atoms with E-state index in [1.807, 2.05) is 24.3 Å². The first kappa shape index (κ1) is 14.5. The number of halogens is 1. The molecular formula is C19H16FNOP+. The molecule has 1 saturated carbocycles. The van der Waals surface area contributed by atoms with E-state index in [2.05, 4.69) is 0 Å². The third kappa shape index (κ3) is 2.55. The quantitative estimate of drug-likeness (QED) is 0.635. The van der Waals surface area contributed by atoms with Crippen LogP contribution in [0.25, 0.3) is 22.0 Å². The molecule has 3 aromatic rings. The Labute approximate surface area is 135 Å². The Kier molecular flexibility index (Phi) is 3.46. The van der Waals surface area contributed by atoms with Gasteiger partial charge in [-0.15, -0.1) is 0 Å². The molecule has 1 aromatic heterocycles. The van der Waals surface area contributed by atoms with Crippen LogP contribution in [0.3, 0.4) is 0 Å². The fourth-order valence-corrected chi connectivity index (χ4v) is 4.21. The molecule has 0 spiro atoms. The van der Waals surface area contributed by atoms with E-state index in [1.54, 1.807) is 18.8 Å². The molecule has 1 aliphatic carbocycles. The van der Waals surface area contributed by atoms with Crippen molar-refractivity contribution in [2.75, 3.05) is 6.66 Å². The van der Waals surface area contributed by atoms with E-state index in [0.29, 0.717) is 5.92 Å². The summed E-state index contributed by atoms with van der Waals surface area (Å²) < 4.78 is 25.9. The standard InChI is InChI=1S/C19H16FNOP/c1-23(22)19-17(12-8-10-14(20)11-9-12)15-4-2-3-5-16(15)21-18(19)13-6-7-13/h2-5,8-11,13H,6-7H2,1H3/q+1. The third-order valence-electron chi connectivity index (χ3n) is 4.31. The Morgan fingerprint density at radius 3 is 2.43 bits per heavy atom. The Morgan fingerprint density at radius 2 is 1.78 bits per heavy atom. The minimum atomic E-state index is -1.54. The van der Waals surface area contributed by atoms with Crippen LogP contribution in [0.15, 0.2) is 48.5 Å². The molecular weight excluding hydrogens is 308 g/mol. The molecule has 1 unspecified atom stereocenters. The fourth-order valence-electron chi connectivity index (χ4n) is 3.09. The predicted octanol–water partition coefficient (Wildman–Crippen LogP) is 5.00. The molecule has 0 N–H and O–H groups in total. The molecule has 0 aliphatic heterocycles. The van der Waals surface area contributed by atoms with Gasteiger partial charge in [0.2, 0.25) is 5.30 Å². The molecule has 1 aliphatic rings. The Balaban J connectivity index is 2.11. The van der Waals surface area contributed by atoms with Gasteiger partial charge in [0.1, 0.15) is 12.5 Å². The molecule has 1 atom stereocenters. The monoisotopic (exact) mass is 324 g/mol. The van der Waals surface area contributed by atoms with Crippen LogP contribution in [-0.2, 0) is 4.57 Å². The number of fused-ring (bicyclic) bond motifs is 1. The number of nitrogens with zero attached hydrogens (tertiary/aromatic N) is 1. The van der Waals surface area contributed by atoms with Crippen molar-refractivity contribution in [3.8, 4) is 11.1 Å². The van der Waals surface area contributed by atoms with Gasteiger partial charge in [-0.3, -0.25) is 0 Å². The summed E-state index contributed by atoms with van der Waals surface area (Å²) in [7, 11) is -1.54. The van der Waals surface area contributed by atoms with Crippen LogP contribution in [0.2, 0.25) is 0 Å². The molecule has 4 heteroatoms. The second-order valence-electron chi connectivity index (χ2n) is 6.02. The summed E-state index contributed by atoms with van der Waals surface area (Å²) in [5.41, 5.74) is 3.72. The average molecular weight is 324 g/mol. The fraction of sp³-hybridized carbons (Fsp3) is 0.211. The van der Waals surface area contributed by atoms with Crippen molar-refractivity contribution < 1.29 is 8.96 Å². The van der Waals surface area contributed by atoms with Gasteiger partial charge in [0, 0.05) is 16.9 Å². The topological polar surface area (TPSA) is 30.0 Å². The number of pyridine rings is 1. The molecule has 1 heterocycles. The van der Waals surface area contributed by atoms with Gasteiger partial charge >= 0.3 is 7.80 Å². The summed E-state index contributed by atoms with van der Waals surface area (Å²) >= 11 is 0. The van der Waals surface area contributed by atoms with Crippen molar-refractivity contribution in [3.63, 3.8) is 0 Å². The van der Waals surface area contributed by atoms with Crippen molar-refractivity contribution in [2.24, 2.45) is 0 Å². The lowest BCUT2D eigenvalue weighted by Gasteiger charge is -2.11. The predicted molar refractivity (Wildman–Crippen MR) is 92.3 cm³/mol. The van der Waals surface area contributed by atoms with Gasteiger partial charge in [-0.1, -0.05) is 34.9 Å². The minimum Gasteiger partial charge on any atom is -0.248 e. The van der Waals surface area contributed by atoms with E-state index < -0.39 is 7.80 Å². The number of para-hydroxylation sites is 1. The lowest BCUT2D eigenvalue weighted by molar-refractivity contribution is 0.596. The van der Waals surface area contributed by atoms with Crippen LogP contribution >= 0.6 is 7.80 Å². The van der Waals surface area contributed by atoms with Gasteiger partial charge in [0.25, 0.3) is 0 Å². The van der Waals surface area contributed by atoms with Gasteiger partial charge in [-0.2, -0.15) is 0 Å². The molecule has 0 saturated heterocycles. The molecule has 4 rings (SSSR count). The Hall–Kier alpha value is -2.12. The van der Waals surface area contributed by atoms with Gasteiger partial charge in [-0.25, -0.2) is 9.37 Å². The highest BCUT2D eigenvalue weighted by molar-refractivity contribution is 7.53. The zero-order valence-electron chi connectivity index (χ0n) is 12.8. The van der Waals surface area contributed by atoms with Crippen molar-refractivity contribution in [3.05, 3.63) is 60.0 Å². The largest absolute Gasteiger partial charge is 0.376 e. The summed E-state index contributed by atoms with van der Waals surface area (Å²) in [5, 5.41) is 1.82. The number of hydrogen-bond acceptors (Lipinski definition) is 2. The molecule has 0 radical (unpaired) electrons. The van der Waals surface area contributed by atoms with Crippen LogP contribution in [-0.4, -0.2) is 11.6 Å². The minimum absolute atomic E-state index is 0.267. The molecule has 1 fully saturated rings. The van der Waals surface area contributed by atoms with Gasteiger partial charge in [0.05, 0.1) is 11.2 Å². The van der Waals surface area contributed by atoms with Crippen molar-refractivity contribution in [1.29, 1.82) is 0 Å². The van der Waals surface area contributed by atoms with Crippen molar-refractivity contribution in [1.82, 2.24) is 4.98 Å². The molecule has 2 nitrogen and oxygen atoms in total. The van der Waals surface area contributed by atoms with Crippen LogP contribution in [0.4, 0.5) is 4.39 Å². The number of hydrogen-bond donors (Lipinski definition) is 0. The van der Waals surface area contributed by atoms with Crippen LogP contribution < -0.4 is 5.30 Å². The first-order valence-corrected chi connectivity index (χ1v) is 9.45. The second-order valence-corrected chi connectivity index (χ2v) is 7.46. The summed E-state index contributed by atoms with van der Waals surface area (Å²) in [6, 6.07) is 14.3. The highest BCUT2D eigenvalue weighted by atomic mass is 31.1. The van der Waals surface area contributed by atoms with Gasteiger partial charge in [0.15, 0.2) is 0 Å². The first-order valence-electron chi connectivity index (χ1n) is 7.74. The van der Waals surface area contributed by atoms with Crippen molar-refractivity contribution >= 4 is 24.0 Å². The van der Waals surface area contributed by atoms with Gasteiger partial charge in [-0.05, 0) is 36.6 Å². The van der Waals surface area contributed by atoms with E-state index in [9.17, 15) is 8.96 Å². The number of benzene rings is 2. The lowest BCUT2D eigenvalue weighted by atomic mass is 9.99. The summed E-state index contributed by atoms with van der Waals surface area (Å²) in [4.78, 5) is 4.80. The zero-order chi connectivity index (χ0) is 16.0. The van der Waals surface area contributed by atoms with E-state index in [4.69, 9.17) is 4.98 Å². The van der Waals surface area contributed by atoms with Crippen LogP contribution in [0.5, 0.6) is 0 Å². The SMILES string of the molecule is C[P+](=O)c1c(C2CC2)nc2ccccc2c1-c1ccc(F)cc1. The average Bonchev–Trinajstić information content (AvgIpc) is 3.38. The molecule has 2 aromatic carbocycles. The second kappa shape index (κ2) is 5.50. The number of rotatable bonds is 3. The molecule has 23 heavy (non-hydrogen) atoms. The first-order chi connectivity index (χ1) is 11.1. The molecule has 114 valence electrons. The van der Waals surface area contributed by atoms with Gasteiger partial charge < -0.3 is 0 Å². The maximum Gasteiger partial charge on any atom is 0.376 e. The third-order valence-corrected chi connectivity index (χ3v) is 5.39. The molecule has 0 amide bonds. The normalized spacial score (nSPS) is 15.0. The summed E-state index contributed by atoms with van der Waals surface area (Å²) in [6.45, 7) is 1.74. The Bertz CT molecular complexity index is 917. The Morgan fingerprint density at radius 1 is 1.09 bits per heavy atom. The smallest absolute Gasteiger partial charge is 0.248 e. The maximum absolute atomic E-state index is 13.3. The van der Waals surface area contributed by atoms with E-state index in [-0.39, 0.29) is 5.82 Å². The molecule has 0 bridgehead atoms. The maximum atomic E-state index is 13.3. The van der Waals surface area contributed by atoms with E-state index in [1.165, 1.54) is 12.1 Å². The summed E-state index contributed by atoms with van der Waals surface area (Å²) in [5.74, 6) is 0.143. The summed E-state index contributed by atoms with van der Waals surface area (Å²) in [6.07, 6.45) is 2.20. The van der Waals surface area contributed by atoms with Crippen LogP contribution in [0, 0.1) is 5.82 Å². The highest BCUT2D eigenvalue weighted by Gasteiger charge is 2.36. The zero-order valence-corrected chi connectivity index (χ0v) is 13.7. The van der Waals surface area contributed by atoms with E-state index in [0.717, 1.165) is 45.9 Å². The lowest BCUT2D eigenvalue weighted by Crippen LogP contribution is -2.12. The van der Waals surface area contributed by atoms with Crippen LogP contribution in [0.1, 0.15) is 24.5 Å². The highest BCUT2D eigenvalue weighted by Crippen LogP contribution is 2.43. The van der Waals surface area contributed by atoms with Crippen molar-refractivity contribution in [2.45, 2.75) is 18.8 Å². The van der Waals surface area contributed by atoms with E-state index >= 15 is 0 Å².